The molecule has 0 spiro atoms. The zero-order chi connectivity index (χ0) is 27.9. The summed E-state index contributed by atoms with van der Waals surface area (Å²) in [5.74, 6) is -0.882. The first kappa shape index (κ1) is 28.6. The van der Waals surface area contributed by atoms with Crippen LogP contribution in [0.4, 0.5) is 10.1 Å². The summed E-state index contributed by atoms with van der Waals surface area (Å²) in [5, 5.41) is 2.57. The van der Waals surface area contributed by atoms with Crippen LogP contribution in [0.1, 0.15) is 24.5 Å². The molecule has 1 N–H and O–H groups in total. The van der Waals surface area contributed by atoms with Crippen LogP contribution in [-0.4, -0.2) is 51.9 Å². The molecule has 3 rings (SSSR count). The molecule has 0 aliphatic heterocycles. The Labute approximate surface area is 223 Å². The van der Waals surface area contributed by atoms with Crippen LogP contribution in [0.5, 0.6) is 5.75 Å². The number of hydrogen-bond acceptors (Lipinski definition) is 5. The minimum atomic E-state index is -4.16. The van der Waals surface area contributed by atoms with Crippen molar-refractivity contribution in [2.24, 2.45) is 0 Å². The molecule has 0 bridgehead atoms. The number of nitrogens with one attached hydrogen (secondary N) is 1. The highest BCUT2D eigenvalue weighted by atomic mass is 32.2. The van der Waals surface area contributed by atoms with Crippen LogP contribution in [0.2, 0.25) is 0 Å². The molecular weight excluding hydrogens is 509 g/mol. The average Bonchev–Trinajstić information content (AvgIpc) is 2.92. The molecule has 0 aliphatic carbocycles. The smallest absolute Gasteiger partial charge is 0.264 e. The molecule has 1 atom stereocenters. The number of carbonyl (C=O) groups is 2. The second-order valence-electron chi connectivity index (χ2n) is 8.71. The molecule has 3 aromatic carbocycles. The maximum atomic E-state index is 13.8. The lowest BCUT2D eigenvalue weighted by Gasteiger charge is -2.33. The minimum absolute atomic E-state index is 0.00787. The molecular formula is C28H32FN3O5S. The topological polar surface area (TPSA) is 96.0 Å². The summed E-state index contributed by atoms with van der Waals surface area (Å²) in [6, 6.07) is 17.4. The van der Waals surface area contributed by atoms with Crippen molar-refractivity contribution in [3.8, 4) is 5.75 Å². The Kier molecular flexibility index (Phi) is 9.46. The van der Waals surface area contributed by atoms with Gasteiger partial charge in [-0.15, -0.1) is 0 Å². The first-order valence-corrected chi connectivity index (χ1v) is 13.5. The predicted molar refractivity (Wildman–Crippen MR) is 144 cm³/mol. The number of aryl methyl sites for hydroxylation is 1. The van der Waals surface area contributed by atoms with Crippen molar-refractivity contribution < 1.29 is 27.1 Å². The Morgan fingerprint density at radius 2 is 1.58 bits per heavy atom. The summed E-state index contributed by atoms with van der Waals surface area (Å²) in [4.78, 5) is 27.9. The maximum Gasteiger partial charge on any atom is 0.264 e. The minimum Gasteiger partial charge on any atom is -0.497 e. The summed E-state index contributed by atoms with van der Waals surface area (Å²) >= 11 is 0. The quantitative estimate of drug-likeness (QED) is 0.397. The molecule has 10 heteroatoms. The van der Waals surface area contributed by atoms with E-state index in [0.29, 0.717) is 17.7 Å². The fourth-order valence-corrected chi connectivity index (χ4v) is 5.40. The number of hydrogen-bond donors (Lipinski definition) is 1. The number of halogens is 1. The average molecular weight is 542 g/mol. The van der Waals surface area contributed by atoms with Crippen molar-refractivity contribution in [3.05, 3.63) is 89.7 Å². The number of sulfonamides is 1. The van der Waals surface area contributed by atoms with Gasteiger partial charge in [0.1, 0.15) is 24.2 Å². The molecule has 2 amide bonds. The van der Waals surface area contributed by atoms with Crippen LogP contribution in [0.15, 0.2) is 77.7 Å². The van der Waals surface area contributed by atoms with E-state index >= 15 is 0 Å². The molecule has 0 radical (unpaired) electrons. The molecule has 0 fully saturated rings. The lowest BCUT2D eigenvalue weighted by atomic mass is 10.1. The first-order valence-electron chi connectivity index (χ1n) is 12.1. The van der Waals surface area contributed by atoms with Crippen molar-refractivity contribution in [1.29, 1.82) is 0 Å². The molecule has 38 heavy (non-hydrogen) atoms. The van der Waals surface area contributed by atoms with Gasteiger partial charge in [-0.1, -0.05) is 36.8 Å². The van der Waals surface area contributed by atoms with E-state index < -0.39 is 34.3 Å². The summed E-state index contributed by atoms with van der Waals surface area (Å²) in [6.07, 6.45) is 0.292. The zero-order valence-corrected chi connectivity index (χ0v) is 22.7. The van der Waals surface area contributed by atoms with Gasteiger partial charge in [-0.05, 0) is 67.4 Å². The Morgan fingerprint density at radius 3 is 2.11 bits per heavy atom. The number of anilines is 1. The third kappa shape index (κ3) is 6.69. The fourth-order valence-electron chi connectivity index (χ4n) is 3.99. The van der Waals surface area contributed by atoms with Crippen LogP contribution < -0.4 is 14.4 Å². The molecule has 0 saturated heterocycles. The highest BCUT2D eigenvalue weighted by molar-refractivity contribution is 7.92. The van der Waals surface area contributed by atoms with Gasteiger partial charge in [-0.2, -0.15) is 0 Å². The van der Waals surface area contributed by atoms with Gasteiger partial charge < -0.3 is 15.0 Å². The van der Waals surface area contributed by atoms with Gasteiger partial charge in [0.25, 0.3) is 10.0 Å². The zero-order valence-electron chi connectivity index (χ0n) is 21.8. The summed E-state index contributed by atoms with van der Waals surface area (Å²) in [7, 11) is -1.20. The van der Waals surface area contributed by atoms with Gasteiger partial charge >= 0.3 is 0 Å². The fraction of sp³-hybridized carbons (Fsp3) is 0.286. The van der Waals surface area contributed by atoms with E-state index in [2.05, 4.69) is 5.32 Å². The standard InChI is InChI=1S/C28H32FN3O5S/c1-5-26(28(34)30-3)31(18-21-8-10-22(29)11-9-21)27(33)19-32(23-12-14-24(37-4)15-13-23)38(35,36)25-16-6-20(2)7-17-25/h6-17,26H,5,18-19H2,1-4H3,(H,30,34). The van der Waals surface area contributed by atoms with Crippen molar-refractivity contribution >= 4 is 27.5 Å². The van der Waals surface area contributed by atoms with Crippen LogP contribution in [0, 0.1) is 12.7 Å². The molecule has 3 aromatic rings. The molecule has 0 heterocycles. The third-order valence-electron chi connectivity index (χ3n) is 6.15. The SMILES string of the molecule is CCC(C(=O)NC)N(Cc1ccc(F)cc1)C(=O)CN(c1ccc(OC)cc1)S(=O)(=O)c1ccc(C)cc1. The molecule has 0 aromatic heterocycles. The van der Waals surface area contributed by atoms with Crippen molar-refractivity contribution in [2.45, 2.75) is 37.8 Å². The second kappa shape index (κ2) is 12.6. The van der Waals surface area contributed by atoms with Gasteiger partial charge in [0.05, 0.1) is 17.7 Å². The van der Waals surface area contributed by atoms with Gasteiger partial charge in [0, 0.05) is 13.6 Å². The van der Waals surface area contributed by atoms with Crippen molar-refractivity contribution in [3.63, 3.8) is 0 Å². The van der Waals surface area contributed by atoms with E-state index in [1.807, 2.05) is 6.92 Å². The Morgan fingerprint density at radius 1 is 0.974 bits per heavy atom. The Balaban J connectivity index is 2.05. The number of nitrogens with zero attached hydrogens (tertiary/aromatic N) is 2. The largest absolute Gasteiger partial charge is 0.497 e. The third-order valence-corrected chi connectivity index (χ3v) is 7.93. The number of amides is 2. The lowest BCUT2D eigenvalue weighted by Crippen LogP contribution is -2.51. The normalized spacial score (nSPS) is 11.9. The number of likely N-dealkylation sites (N-methyl/N-ethyl adjacent to an activating group) is 1. The van der Waals surface area contributed by atoms with Crippen LogP contribution in [-0.2, 0) is 26.2 Å². The number of rotatable bonds is 11. The molecule has 8 nitrogen and oxygen atoms in total. The number of carbonyl (C=O) groups excluding carboxylic acids is 2. The van der Waals surface area contributed by atoms with E-state index in [-0.39, 0.29) is 23.0 Å². The van der Waals surface area contributed by atoms with E-state index in [0.717, 1.165) is 9.87 Å². The first-order chi connectivity index (χ1) is 18.1. The maximum absolute atomic E-state index is 13.8. The molecule has 0 aliphatic rings. The van der Waals surface area contributed by atoms with Crippen molar-refractivity contribution in [1.82, 2.24) is 10.2 Å². The summed E-state index contributed by atoms with van der Waals surface area (Å²) in [5.41, 5.74) is 1.74. The Hall–Kier alpha value is -3.92. The van der Waals surface area contributed by atoms with Gasteiger partial charge in [0.15, 0.2) is 0 Å². The van der Waals surface area contributed by atoms with Gasteiger partial charge in [-0.3, -0.25) is 13.9 Å². The molecule has 202 valence electrons. The second-order valence-corrected chi connectivity index (χ2v) is 10.6. The highest BCUT2D eigenvalue weighted by Crippen LogP contribution is 2.27. The van der Waals surface area contributed by atoms with E-state index in [4.69, 9.17) is 4.74 Å². The molecule has 1 unspecified atom stereocenters. The van der Waals surface area contributed by atoms with Crippen LogP contribution >= 0.6 is 0 Å². The van der Waals surface area contributed by atoms with E-state index in [1.165, 1.54) is 55.5 Å². The summed E-state index contributed by atoms with van der Waals surface area (Å²) in [6.45, 7) is 3.04. The number of ether oxygens (including phenoxy) is 1. The Bertz CT molecular complexity index is 1340. The predicted octanol–water partition coefficient (Wildman–Crippen LogP) is 3.89. The van der Waals surface area contributed by atoms with E-state index in [9.17, 15) is 22.4 Å². The summed E-state index contributed by atoms with van der Waals surface area (Å²) < 4.78 is 47.3. The number of benzene rings is 3. The lowest BCUT2D eigenvalue weighted by molar-refractivity contribution is -0.140. The number of methoxy groups -OCH3 is 1. The molecule has 0 saturated carbocycles. The van der Waals surface area contributed by atoms with Crippen molar-refractivity contribution in [2.75, 3.05) is 25.0 Å². The van der Waals surface area contributed by atoms with Crippen LogP contribution in [0.3, 0.4) is 0 Å². The van der Waals surface area contributed by atoms with Crippen LogP contribution in [0.25, 0.3) is 0 Å². The highest BCUT2D eigenvalue weighted by Gasteiger charge is 2.33. The van der Waals surface area contributed by atoms with Gasteiger partial charge in [0.2, 0.25) is 11.8 Å². The monoisotopic (exact) mass is 541 g/mol. The van der Waals surface area contributed by atoms with Gasteiger partial charge in [-0.25, -0.2) is 12.8 Å². The van der Waals surface area contributed by atoms with E-state index in [1.54, 1.807) is 43.3 Å².